The van der Waals surface area contributed by atoms with E-state index in [0.717, 1.165) is 0 Å². The summed E-state index contributed by atoms with van der Waals surface area (Å²) in [7, 11) is 0. The fourth-order valence-electron chi connectivity index (χ4n) is 15.5. The molecule has 0 amide bonds. The standard InChI is InChI=1S/C78H78O12/c1-73(2,3)55-61(79)34-19-22-37-49-46(34)43(67(55)85)28-40(52(49)70(88)58(64(37)82)76(10,11)12)31-25-32(41-29-44-47-35(62(80)56(68(44)86)74(4,5)6)20-23-38-50(47)53(41)71(89)59(65(38)83)77(13,14)15)27-33(26-31)42-30-45-48-36(63(81)57(69(45)87)75(7,8)9)21-24-39-51(48)54(42)72(90)60(66(39)84)78(16,17)18/h19-30,79-90H,1-18H3. The quantitative estimate of drug-likeness (QED) is 0.0740. The number of rotatable bonds is 3. The van der Waals surface area contributed by atoms with Gasteiger partial charge < -0.3 is 61.3 Å². The highest BCUT2D eigenvalue weighted by molar-refractivity contribution is 6.35. The van der Waals surface area contributed by atoms with Crippen molar-refractivity contribution in [1.82, 2.24) is 0 Å². The van der Waals surface area contributed by atoms with Crippen molar-refractivity contribution in [2.75, 3.05) is 0 Å². The summed E-state index contributed by atoms with van der Waals surface area (Å²) in [6.07, 6.45) is 0. The molecule has 13 aromatic carbocycles. The monoisotopic (exact) mass is 1210 g/mol. The second kappa shape index (κ2) is 18.1. The van der Waals surface area contributed by atoms with Crippen molar-refractivity contribution in [2.24, 2.45) is 0 Å². The molecule has 0 aliphatic rings. The molecule has 0 unspecified atom stereocenters. The summed E-state index contributed by atoms with van der Waals surface area (Å²) < 4.78 is 0. The molecule has 12 N–H and O–H groups in total. The van der Waals surface area contributed by atoms with Crippen LogP contribution in [-0.2, 0) is 32.5 Å². The highest BCUT2D eigenvalue weighted by Crippen LogP contribution is 2.62. The van der Waals surface area contributed by atoms with E-state index < -0.39 is 32.5 Å². The minimum absolute atomic E-state index is 0.160. The van der Waals surface area contributed by atoms with Crippen LogP contribution < -0.4 is 0 Å². The van der Waals surface area contributed by atoms with Gasteiger partial charge in [0.15, 0.2) is 0 Å². The van der Waals surface area contributed by atoms with Gasteiger partial charge in [-0.2, -0.15) is 0 Å². The minimum atomic E-state index is -0.876. The van der Waals surface area contributed by atoms with Gasteiger partial charge in [-0.25, -0.2) is 0 Å². The Morgan fingerprint density at radius 1 is 0.178 bits per heavy atom. The zero-order valence-corrected chi connectivity index (χ0v) is 54.3. The zero-order chi connectivity index (χ0) is 65.7. The van der Waals surface area contributed by atoms with E-state index in [1.165, 1.54) is 0 Å². The van der Waals surface area contributed by atoms with E-state index in [4.69, 9.17) is 0 Å². The van der Waals surface area contributed by atoms with Gasteiger partial charge in [-0.05, 0) is 139 Å². The van der Waals surface area contributed by atoms with E-state index in [2.05, 4.69) is 0 Å². The molecule has 13 aromatic rings. The summed E-state index contributed by atoms with van der Waals surface area (Å²) in [6, 6.07) is 21.2. The topological polar surface area (TPSA) is 243 Å². The van der Waals surface area contributed by atoms with Crippen LogP contribution in [0.15, 0.2) is 72.8 Å². The molecular weight excluding hydrogens is 1130 g/mol. The summed E-state index contributed by atoms with van der Waals surface area (Å²) in [6.45, 7) is 33.8. The van der Waals surface area contributed by atoms with Crippen molar-refractivity contribution >= 4 is 97.0 Å². The van der Waals surface area contributed by atoms with Crippen molar-refractivity contribution in [2.45, 2.75) is 157 Å². The Morgan fingerprint density at radius 2 is 0.333 bits per heavy atom. The van der Waals surface area contributed by atoms with Gasteiger partial charge in [0.1, 0.15) is 69.0 Å². The molecule has 0 aromatic heterocycles. The van der Waals surface area contributed by atoms with Gasteiger partial charge in [0.2, 0.25) is 0 Å². The molecule has 13 rings (SSSR count). The molecule has 0 radical (unpaired) electrons. The summed E-state index contributed by atoms with van der Waals surface area (Å²) in [5.74, 6) is -2.52. The predicted molar refractivity (Wildman–Crippen MR) is 366 cm³/mol. The molecule has 0 atom stereocenters. The Kier molecular flexibility index (Phi) is 12.0. The molecule has 12 nitrogen and oxygen atoms in total. The van der Waals surface area contributed by atoms with Gasteiger partial charge in [-0.1, -0.05) is 125 Å². The SMILES string of the molecule is CC(C)(C)c1c(O)c2ccc3c(O)c(C(C)(C)C)c(O)c4c(-c5cc(-c6cc7c(O)c(C(C)(C)C)c(O)c8ccc9c(O)c(C(C)(C)C)c(O)c6c9c87)cc(-c6cc7c(O)c(C(C)(C)C)c(O)c8ccc9c(O)c(C(C)(C)C)c(O)c6c9c87)c5)cc(c1O)c2c34. The first kappa shape index (κ1) is 59.5. The van der Waals surface area contributed by atoms with Crippen LogP contribution in [0.1, 0.15) is 158 Å². The molecule has 0 bridgehead atoms. The van der Waals surface area contributed by atoms with E-state index in [9.17, 15) is 61.3 Å². The molecule has 0 saturated carbocycles. The third kappa shape index (κ3) is 7.84. The maximum Gasteiger partial charge on any atom is 0.131 e. The fourth-order valence-corrected chi connectivity index (χ4v) is 15.5. The van der Waals surface area contributed by atoms with Gasteiger partial charge in [0.05, 0.1) is 0 Å². The highest BCUT2D eigenvalue weighted by Gasteiger charge is 2.38. The normalized spacial score (nSPS) is 13.5. The number of hydrogen-bond acceptors (Lipinski definition) is 12. The van der Waals surface area contributed by atoms with Crippen LogP contribution in [0.25, 0.3) is 130 Å². The number of benzene rings is 13. The van der Waals surface area contributed by atoms with Crippen LogP contribution in [0.5, 0.6) is 69.0 Å². The van der Waals surface area contributed by atoms with Crippen LogP contribution in [0, 0.1) is 0 Å². The van der Waals surface area contributed by atoms with E-state index in [1.807, 2.05) is 143 Å². The van der Waals surface area contributed by atoms with E-state index in [0.29, 0.717) is 114 Å². The lowest BCUT2D eigenvalue weighted by Gasteiger charge is -2.29. The van der Waals surface area contributed by atoms with Crippen molar-refractivity contribution < 1.29 is 61.3 Å². The van der Waals surface area contributed by atoms with Crippen molar-refractivity contribution in [3.05, 3.63) is 106 Å². The van der Waals surface area contributed by atoms with Gasteiger partial charge in [0.25, 0.3) is 0 Å². The largest absolute Gasteiger partial charge is 0.507 e. The van der Waals surface area contributed by atoms with Gasteiger partial charge in [0, 0.05) is 130 Å². The summed E-state index contributed by atoms with van der Waals surface area (Å²) in [5.41, 5.74) is -1.37. The Bertz CT molecular complexity index is 4810. The molecule has 12 heteroatoms. The van der Waals surface area contributed by atoms with Crippen molar-refractivity contribution in [3.8, 4) is 102 Å². The molecule has 0 heterocycles. The lowest BCUT2D eigenvalue weighted by atomic mass is 9.76. The fraction of sp³-hybridized carbons (Fsp3) is 0.308. The van der Waals surface area contributed by atoms with Crippen LogP contribution in [0.2, 0.25) is 0 Å². The smallest absolute Gasteiger partial charge is 0.131 e. The third-order valence-corrected chi connectivity index (χ3v) is 19.1. The van der Waals surface area contributed by atoms with Gasteiger partial charge in [-0.3, -0.25) is 0 Å². The Balaban J connectivity index is 1.33. The van der Waals surface area contributed by atoms with Crippen molar-refractivity contribution in [3.63, 3.8) is 0 Å². The van der Waals surface area contributed by atoms with E-state index >= 15 is 0 Å². The maximum atomic E-state index is 13.2. The van der Waals surface area contributed by atoms with Crippen LogP contribution in [-0.4, -0.2) is 61.3 Å². The molecule has 0 fully saturated rings. The molecule has 0 spiro atoms. The molecular formula is C78H78O12. The van der Waals surface area contributed by atoms with E-state index in [1.54, 1.807) is 54.6 Å². The number of aromatic hydroxyl groups is 12. The highest BCUT2D eigenvalue weighted by atomic mass is 16.3. The predicted octanol–water partition coefficient (Wildman–Crippen LogP) is 19.6. The average Bonchev–Trinajstić information content (AvgIpc) is 0.718. The Morgan fingerprint density at radius 3 is 0.511 bits per heavy atom. The minimum Gasteiger partial charge on any atom is -0.507 e. The molecule has 90 heavy (non-hydrogen) atoms. The Labute approximate surface area is 521 Å². The number of phenolic OH excluding ortho intramolecular Hbond substituents is 12. The van der Waals surface area contributed by atoms with Gasteiger partial charge in [-0.15, -0.1) is 0 Å². The molecule has 0 saturated heterocycles. The maximum absolute atomic E-state index is 13.2. The van der Waals surface area contributed by atoms with Crippen LogP contribution in [0.3, 0.4) is 0 Å². The Hall–Kier alpha value is -9.42. The first-order valence-electron chi connectivity index (χ1n) is 30.6. The molecule has 0 aliphatic carbocycles. The van der Waals surface area contributed by atoms with E-state index in [-0.39, 0.29) is 119 Å². The molecule has 462 valence electrons. The average molecular weight is 1210 g/mol. The lowest BCUT2D eigenvalue weighted by Crippen LogP contribution is -2.13. The first-order chi connectivity index (χ1) is 41.5. The number of hydrogen-bond donors (Lipinski definition) is 12. The lowest BCUT2D eigenvalue weighted by molar-refractivity contribution is 0.416. The second-order valence-electron chi connectivity index (χ2n) is 31.5. The third-order valence-electron chi connectivity index (χ3n) is 19.1. The van der Waals surface area contributed by atoms with Crippen LogP contribution >= 0.6 is 0 Å². The summed E-state index contributed by atoms with van der Waals surface area (Å²) in [4.78, 5) is 0. The van der Waals surface area contributed by atoms with Crippen molar-refractivity contribution in [1.29, 1.82) is 0 Å². The summed E-state index contributed by atoms with van der Waals surface area (Å²) >= 11 is 0. The second-order valence-corrected chi connectivity index (χ2v) is 31.5. The van der Waals surface area contributed by atoms with Crippen LogP contribution in [0.4, 0.5) is 0 Å². The molecule has 0 aliphatic heterocycles. The first-order valence-corrected chi connectivity index (χ1v) is 30.6. The van der Waals surface area contributed by atoms with Gasteiger partial charge >= 0.3 is 0 Å². The summed E-state index contributed by atoms with van der Waals surface area (Å²) in [5, 5.41) is 158. The zero-order valence-electron chi connectivity index (χ0n) is 54.3. The number of phenols is 12.